The van der Waals surface area contributed by atoms with Gasteiger partial charge in [0.15, 0.2) is 0 Å². The summed E-state index contributed by atoms with van der Waals surface area (Å²) >= 11 is 0. The van der Waals surface area contributed by atoms with Gasteiger partial charge in [0.05, 0.1) is 6.10 Å². The zero-order valence-electron chi connectivity index (χ0n) is 12.7. The standard InChI is InChI=1S/C16H29NO3/c1-13(16(19)17-10-4-2-3-5-11-17)20-15-8-6-14(12-18)7-9-15/h13-15,18H,2-12H2,1H3. The van der Waals surface area contributed by atoms with Crippen molar-refractivity contribution in [2.75, 3.05) is 19.7 Å². The van der Waals surface area contributed by atoms with E-state index in [4.69, 9.17) is 9.84 Å². The number of hydrogen-bond donors (Lipinski definition) is 1. The monoisotopic (exact) mass is 283 g/mol. The second kappa shape index (κ2) is 7.99. The first-order valence-corrected chi connectivity index (χ1v) is 8.26. The fourth-order valence-corrected chi connectivity index (χ4v) is 3.35. The summed E-state index contributed by atoms with van der Waals surface area (Å²) in [5.74, 6) is 0.600. The molecule has 2 fully saturated rings. The third-order valence-corrected chi connectivity index (χ3v) is 4.71. The smallest absolute Gasteiger partial charge is 0.251 e. The molecule has 1 atom stereocenters. The molecule has 2 aliphatic rings. The van der Waals surface area contributed by atoms with Crippen LogP contribution in [0.25, 0.3) is 0 Å². The number of hydrogen-bond acceptors (Lipinski definition) is 3. The average molecular weight is 283 g/mol. The van der Waals surface area contributed by atoms with Gasteiger partial charge in [0.2, 0.25) is 0 Å². The van der Waals surface area contributed by atoms with Crippen molar-refractivity contribution in [3.8, 4) is 0 Å². The van der Waals surface area contributed by atoms with E-state index in [1.54, 1.807) is 0 Å². The van der Waals surface area contributed by atoms with Gasteiger partial charge in [-0.15, -0.1) is 0 Å². The van der Waals surface area contributed by atoms with E-state index in [0.717, 1.165) is 51.6 Å². The molecule has 20 heavy (non-hydrogen) atoms. The van der Waals surface area contributed by atoms with E-state index < -0.39 is 0 Å². The van der Waals surface area contributed by atoms with Crippen LogP contribution in [0.15, 0.2) is 0 Å². The summed E-state index contributed by atoms with van der Waals surface area (Å²) in [6, 6.07) is 0. The van der Waals surface area contributed by atoms with Crippen LogP contribution in [0.1, 0.15) is 58.3 Å². The first-order chi connectivity index (χ1) is 9.70. The highest BCUT2D eigenvalue weighted by Crippen LogP contribution is 2.26. The van der Waals surface area contributed by atoms with E-state index in [1.807, 2.05) is 11.8 Å². The molecular formula is C16H29NO3. The number of aliphatic hydroxyl groups excluding tert-OH is 1. The Morgan fingerprint density at radius 1 is 1.15 bits per heavy atom. The van der Waals surface area contributed by atoms with Gasteiger partial charge >= 0.3 is 0 Å². The molecule has 1 saturated carbocycles. The minimum atomic E-state index is -0.316. The molecule has 1 heterocycles. The molecule has 0 aromatic heterocycles. The lowest BCUT2D eigenvalue weighted by Crippen LogP contribution is -2.41. The van der Waals surface area contributed by atoms with Crippen LogP contribution in [-0.2, 0) is 9.53 Å². The highest BCUT2D eigenvalue weighted by molar-refractivity contribution is 5.80. The van der Waals surface area contributed by atoms with E-state index in [0.29, 0.717) is 5.92 Å². The van der Waals surface area contributed by atoms with Gasteiger partial charge in [-0.2, -0.15) is 0 Å². The van der Waals surface area contributed by atoms with Crippen molar-refractivity contribution < 1.29 is 14.6 Å². The SMILES string of the molecule is CC(OC1CCC(CO)CC1)C(=O)N1CCCCCC1. The number of aliphatic hydroxyl groups is 1. The van der Waals surface area contributed by atoms with Crippen LogP contribution in [0, 0.1) is 5.92 Å². The molecule has 4 nitrogen and oxygen atoms in total. The number of ether oxygens (including phenoxy) is 1. The van der Waals surface area contributed by atoms with Crippen molar-refractivity contribution in [1.82, 2.24) is 4.90 Å². The first kappa shape index (κ1) is 15.8. The largest absolute Gasteiger partial charge is 0.396 e. The molecule has 1 aliphatic carbocycles. The van der Waals surface area contributed by atoms with Crippen molar-refractivity contribution in [3.05, 3.63) is 0 Å². The predicted molar refractivity (Wildman–Crippen MR) is 78.4 cm³/mol. The van der Waals surface area contributed by atoms with Gasteiger partial charge in [0.1, 0.15) is 6.10 Å². The number of nitrogens with zero attached hydrogens (tertiary/aromatic N) is 1. The molecule has 116 valence electrons. The van der Waals surface area contributed by atoms with E-state index in [-0.39, 0.29) is 24.7 Å². The van der Waals surface area contributed by atoms with E-state index in [1.165, 1.54) is 12.8 Å². The number of carbonyl (C=O) groups excluding carboxylic acids is 1. The maximum absolute atomic E-state index is 12.4. The molecule has 1 amide bonds. The maximum Gasteiger partial charge on any atom is 0.251 e. The zero-order valence-corrected chi connectivity index (χ0v) is 12.7. The second-order valence-corrected chi connectivity index (χ2v) is 6.34. The molecule has 1 aliphatic heterocycles. The van der Waals surface area contributed by atoms with Crippen LogP contribution < -0.4 is 0 Å². The van der Waals surface area contributed by atoms with Crippen LogP contribution >= 0.6 is 0 Å². The van der Waals surface area contributed by atoms with Crippen LogP contribution in [0.3, 0.4) is 0 Å². The normalized spacial score (nSPS) is 29.8. The lowest BCUT2D eigenvalue weighted by molar-refractivity contribution is -0.147. The fourth-order valence-electron chi connectivity index (χ4n) is 3.35. The first-order valence-electron chi connectivity index (χ1n) is 8.26. The summed E-state index contributed by atoms with van der Waals surface area (Å²) in [5.41, 5.74) is 0. The third kappa shape index (κ3) is 4.45. The van der Waals surface area contributed by atoms with Gasteiger partial charge in [0.25, 0.3) is 5.91 Å². The van der Waals surface area contributed by atoms with E-state index >= 15 is 0 Å². The van der Waals surface area contributed by atoms with E-state index in [2.05, 4.69) is 0 Å². The number of likely N-dealkylation sites (tertiary alicyclic amines) is 1. The predicted octanol–water partition coefficient (Wildman–Crippen LogP) is 2.35. The third-order valence-electron chi connectivity index (χ3n) is 4.71. The van der Waals surface area contributed by atoms with Crippen LogP contribution in [0.5, 0.6) is 0 Å². The number of rotatable bonds is 4. The minimum Gasteiger partial charge on any atom is -0.396 e. The highest BCUT2D eigenvalue weighted by atomic mass is 16.5. The summed E-state index contributed by atoms with van der Waals surface area (Å²) in [7, 11) is 0. The van der Waals surface area contributed by atoms with Gasteiger partial charge in [-0.05, 0) is 51.4 Å². The summed E-state index contributed by atoms with van der Waals surface area (Å²) in [5, 5.41) is 9.14. The highest BCUT2D eigenvalue weighted by Gasteiger charge is 2.27. The number of amides is 1. The Morgan fingerprint density at radius 3 is 2.30 bits per heavy atom. The second-order valence-electron chi connectivity index (χ2n) is 6.34. The Kier molecular flexibility index (Phi) is 6.30. The Morgan fingerprint density at radius 2 is 1.75 bits per heavy atom. The number of carbonyl (C=O) groups is 1. The molecule has 0 radical (unpaired) electrons. The Balaban J connectivity index is 1.76. The molecule has 0 aromatic rings. The van der Waals surface area contributed by atoms with Crippen LogP contribution in [-0.4, -0.2) is 47.8 Å². The molecule has 1 unspecified atom stereocenters. The van der Waals surface area contributed by atoms with Crippen molar-refractivity contribution >= 4 is 5.91 Å². The summed E-state index contributed by atoms with van der Waals surface area (Å²) < 4.78 is 5.97. The fraction of sp³-hybridized carbons (Fsp3) is 0.938. The maximum atomic E-state index is 12.4. The van der Waals surface area contributed by atoms with Gasteiger partial charge in [-0.1, -0.05) is 12.8 Å². The molecule has 0 spiro atoms. The van der Waals surface area contributed by atoms with E-state index in [9.17, 15) is 4.79 Å². The average Bonchev–Trinajstić information content (AvgIpc) is 2.76. The molecular weight excluding hydrogens is 254 g/mol. The zero-order chi connectivity index (χ0) is 14.4. The molecule has 0 bridgehead atoms. The quantitative estimate of drug-likeness (QED) is 0.861. The molecule has 1 N–H and O–H groups in total. The van der Waals surface area contributed by atoms with Crippen LogP contribution in [0.2, 0.25) is 0 Å². The van der Waals surface area contributed by atoms with Crippen LogP contribution in [0.4, 0.5) is 0 Å². The minimum absolute atomic E-state index is 0.163. The van der Waals surface area contributed by atoms with Gasteiger partial charge in [-0.25, -0.2) is 0 Å². The molecule has 1 saturated heterocycles. The van der Waals surface area contributed by atoms with Gasteiger partial charge in [0, 0.05) is 19.7 Å². The molecule has 0 aromatic carbocycles. The van der Waals surface area contributed by atoms with Crippen molar-refractivity contribution in [2.24, 2.45) is 5.92 Å². The molecule has 4 heteroatoms. The van der Waals surface area contributed by atoms with Gasteiger partial charge < -0.3 is 14.7 Å². The van der Waals surface area contributed by atoms with Gasteiger partial charge in [-0.3, -0.25) is 4.79 Å². The van der Waals surface area contributed by atoms with Crippen molar-refractivity contribution in [1.29, 1.82) is 0 Å². The topological polar surface area (TPSA) is 49.8 Å². The summed E-state index contributed by atoms with van der Waals surface area (Å²) in [4.78, 5) is 14.4. The summed E-state index contributed by atoms with van der Waals surface area (Å²) in [6.07, 6.45) is 8.60. The molecule has 2 rings (SSSR count). The lowest BCUT2D eigenvalue weighted by Gasteiger charge is -2.31. The summed E-state index contributed by atoms with van der Waals surface area (Å²) in [6.45, 7) is 3.97. The Hall–Kier alpha value is -0.610. The Labute approximate surface area is 122 Å². The van der Waals surface area contributed by atoms with Crippen molar-refractivity contribution in [3.63, 3.8) is 0 Å². The Bertz CT molecular complexity index is 292. The lowest BCUT2D eigenvalue weighted by atomic mass is 9.88. The van der Waals surface area contributed by atoms with Crippen molar-refractivity contribution in [2.45, 2.75) is 70.5 Å².